The van der Waals surface area contributed by atoms with E-state index in [0.717, 1.165) is 10.2 Å². The lowest BCUT2D eigenvalue weighted by atomic mass is 9.98. The van der Waals surface area contributed by atoms with E-state index in [-0.39, 0.29) is 18.4 Å². The number of esters is 1. The summed E-state index contributed by atoms with van der Waals surface area (Å²) in [6.45, 7) is 0.609. The summed E-state index contributed by atoms with van der Waals surface area (Å²) >= 11 is 1.33. The van der Waals surface area contributed by atoms with Crippen LogP contribution in [-0.4, -0.2) is 55.6 Å². The van der Waals surface area contributed by atoms with Gasteiger partial charge in [-0.3, -0.25) is 9.59 Å². The SMILES string of the molecule is COC(=O)Cn1c(=NC(=O)C2CCN(S(C)(=O)=O)CC2)sc2ccccc21. The Hall–Kier alpha value is -2.04. The molecule has 1 aliphatic heterocycles. The van der Waals surface area contributed by atoms with Gasteiger partial charge in [0.15, 0.2) is 4.80 Å². The highest BCUT2D eigenvalue weighted by atomic mass is 32.2. The van der Waals surface area contributed by atoms with Crippen molar-refractivity contribution < 1.29 is 22.7 Å². The fraction of sp³-hybridized carbons (Fsp3) is 0.471. The number of sulfonamides is 1. The van der Waals surface area contributed by atoms with Gasteiger partial charge in [-0.05, 0) is 25.0 Å². The molecule has 1 aromatic heterocycles. The van der Waals surface area contributed by atoms with Gasteiger partial charge in [-0.1, -0.05) is 23.5 Å². The Morgan fingerprint density at radius 3 is 2.56 bits per heavy atom. The smallest absolute Gasteiger partial charge is 0.325 e. The fourth-order valence-corrected chi connectivity index (χ4v) is 4.98. The second-order valence-electron chi connectivity index (χ2n) is 6.40. The van der Waals surface area contributed by atoms with E-state index in [1.165, 1.54) is 29.0 Å². The maximum absolute atomic E-state index is 12.7. The molecule has 1 saturated heterocycles. The van der Waals surface area contributed by atoms with Gasteiger partial charge in [-0.2, -0.15) is 4.99 Å². The molecule has 1 aromatic carbocycles. The summed E-state index contributed by atoms with van der Waals surface area (Å²) in [5.74, 6) is -1.03. The molecule has 0 bridgehead atoms. The van der Waals surface area contributed by atoms with Crippen LogP contribution in [0.1, 0.15) is 12.8 Å². The lowest BCUT2D eigenvalue weighted by Gasteiger charge is -2.28. The van der Waals surface area contributed by atoms with E-state index < -0.39 is 16.0 Å². The highest BCUT2D eigenvalue weighted by Crippen LogP contribution is 2.21. The van der Waals surface area contributed by atoms with Gasteiger partial charge in [-0.15, -0.1) is 0 Å². The molecule has 1 fully saturated rings. The number of hydrogen-bond acceptors (Lipinski definition) is 6. The average Bonchev–Trinajstić information content (AvgIpc) is 2.98. The van der Waals surface area contributed by atoms with Crippen molar-refractivity contribution in [3.63, 3.8) is 0 Å². The number of thiazole rings is 1. The number of rotatable bonds is 4. The van der Waals surface area contributed by atoms with Gasteiger partial charge in [-0.25, -0.2) is 12.7 Å². The molecule has 0 atom stereocenters. The number of benzene rings is 1. The number of amides is 1. The molecular formula is C17H21N3O5S2. The molecule has 0 aliphatic carbocycles. The van der Waals surface area contributed by atoms with Gasteiger partial charge in [0.2, 0.25) is 10.0 Å². The summed E-state index contributed by atoms with van der Waals surface area (Å²) in [4.78, 5) is 29.1. The minimum Gasteiger partial charge on any atom is -0.468 e. The quantitative estimate of drug-likeness (QED) is 0.699. The number of nitrogens with zero attached hydrogens (tertiary/aromatic N) is 3. The molecule has 8 nitrogen and oxygen atoms in total. The summed E-state index contributed by atoms with van der Waals surface area (Å²) in [7, 11) is -1.92. The molecule has 0 saturated carbocycles. The van der Waals surface area contributed by atoms with Crippen molar-refractivity contribution in [3.8, 4) is 0 Å². The molecule has 0 spiro atoms. The topological polar surface area (TPSA) is 98.0 Å². The molecule has 0 radical (unpaired) electrons. The summed E-state index contributed by atoms with van der Waals surface area (Å²) in [5.41, 5.74) is 0.811. The van der Waals surface area contributed by atoms with E-state index in [9.17, 15) is 18.0 Å². The molecule has 146 valence electrons. The average molecular weight is 412 g/mol. The third kappa shape index (κ3) is 4.45. The second kappa shape index (κ2) is 7.91. The van der Waals surface area contributed by atoms with E-state index in [1.54, 1.807) is 4.57 Å². The molecule has 1 aliphatic rings. The van der Waals surface area contributed by atoms with Gasteiger partial charge < -0.3 is 9.30 Å². The molecule has 0 N–H and O–H groups in total. The van der Waals surface area contributed by atoms with Crippen LogP contribution in [0, 0.1) is 5.92 Å². The molecule has 0 unspecified atom stereocenters. The first-order valence-corrected chi connectivity index (χ1v) is 11.1. The van der Waals surface area contributed by atoms with Crippen molar-refractivity contribution in [1.82, 2.24) is 8.87 Å². The fourth-order valence-electron chi connectivity index (χ4n) is 3.07. The summed E-state index contributed by atoms with van der Waals surface area (Å²) in [6.07, 6.45) is 2.06. The number of fused-ring (bicyclic) bond motifs is 1. The molecule has 2 heterocycles. The number of carbonyl (C=O) groups excluding carboxylic acids is 2. The van der Waals surface area contributed by atoms with Crippen molar-refractivity contribution in [1.29, 1.82) is 0 Å². The predicted octanol–water partition coefficient (Wildman–Crippen LogP) is 0.975. The number of carbonyl (C=O) groups is 2. The van der Waals surface area contributed by atoms with Gasteiger partial charge in [0.05, 0.1) is 23.6 Å². The van der Waals surface area contributed by atoms with Gasteiger partial charge in [0.25, 0.3) is 5.91 Å². The van der Waals surface area contributed by atoms with Crippen LogP contribution in [0.15, 0.2) is 29.3 Å². The number of methoxy groups -OCH3 is 1. The molecule has 27 heavy (non-hydrogen) atoms. The number of para-hydroxylation sites is 1. The first-order chi connectivity index (χ1) is 12.8. The Balaban J connectivity index is 1.88. The minimum absolute atomic E-state index is 0.0286. The van der Waals surface area contributed by atoms with Crippen LogP contribution in [-0.2, 0) is 30.9 Å². The number of aromatic nitrogens is 1. The lowest BCUT2D eigenvalue weighted by Crippen LogP contribution is -2.39. The zero-order chi connectivity index (χ0) is 19.6. The van der Waals surface area contributed by atoms with Crippen molar-refractivity contribution >= 4 is 43.5 Å². The number of ether oxygens (including phenoxy) is 1. The Morgan fingerprint density at radius 2 is 1.93 bits per heavy atom. The van der Waals surface area contributed by atoms with E-state index >= 15 is 0 Å². The third-order valence-corrected chi connectivity index (χ3v) is 6.94. The van der Waals surface area contributed by atoms with E-state index in [2.05, 4.69) is 4.99 Å². The van der Waals surface area contributed by atoms with Crippen LogP contribution < -0.4 is 4.80 Å². The maximum Gasteiger partial charge on any atom is 0.325 e. The normalized spacial score (nSPS) is 17.3. The van der Waals surface area contributed by atoms with E-state index in [1.807, 2.05) is 24.3 Å². The van der Waals surface area contributed by atoms with Crippen LogP contribution in [0.2, 0.25) is 0 Å². The Morgan fingerprint density at radius 1 is 1.26 bits per heavy atom. The van der Waals surface area contributed by atoms with Crippen molar-refractivity contribution in [2.75, 3.05) is 26.5 Å². The summed E-state index contributed by atoms with van der Waals surface area (Å²) in [6, 6.07) is 7.51. The first kappa shape index (κ1) is 19.7. The van der Waals surface area contributed by atoms with Crippen LogP contribution in [0.5, 0.6) is 0 Å². The van der Waals surface area contributed by atoms with Crippen molar-refractivity contribution in [2.45, 2.75) is 19.4 Å². The zero-order valence-electron chi connectivity index (χ0n) is 15.1. The van der Waals surface area contributed by atoms with Gasteiger partial charge in [0, 0.05) is 19.0 Å². The third-order valence-electron chi connectivity index (χ3n) is 4.58. The maximum atomic E-state index is 12.7. The highest BCUT2D eigenvalue weighted by molar-refractivity contribution is 7.88. The van der Waals surface area contributed by atoms with Crippen LogP contribution >= 0.6 is 11.3 Å². The zero-order valence-corrected chi connectivity index (χ0v) is 16.8. The lowest BCUT2D eigenvalue weighted by molar-refractivity contribution is -0.141. The molecule has 10 heteroatoms. The van der Waals surface area contributed by atoms with Crippen LogP contribution in [0.4, 0.5) is 0 Å². The number of hydrogen-bond donors (Lipinski definition) is 0. The van der Waals surface area contributed by atoms with Gasteiger partial charge >= 0.3 is 5.97 Å². The Labute approximate surface area is 161 Å². The van der Waals surface area contributed by atoms with Crippen molar-refractivity contribution in [3.05, 3.63) is 29.1 Å². The largest absolute Gasteiger partial charge is 0.468 e. The van der Waals surface area contributed by atoms with Gasteiger partial charge in [0.1, 0.15) is 6.54 Å². The van der Waals surface area contributed by atoms with E-state index in [4.69, 9.17) is 4.74 Å². The molecule has 1 amide bonds. The van der Waals surface area contributed by atoms with Crippen LogP contribution in [0.25, 0.3) is 10.2 Å². The Bertz CT molecular complexity index is 1030. The van der Waals surface area contributed by atoms with Crippen LogP contribution in [0.3, 0.4) is 0 Å². The molecule has 2 aromatic rings. The second-order valence-corrected chi connectivity index (χ2v) is 9.39. The standard InChI is InChI=1S/C17H21N3O5S2/c1-25-15(21)11-20-13-5-3-4-6-14(13)26-17(20)18-16(22)12-7-9-19(10-8-12)27(2,23)24/h3-6,12H,7-11H2,1-2H3. The summed E-state index contributed by atoms with van der Waals surface area (Å²) in [5, 5.41) is 0. The predicted molar refractivity (Wildman–Crippen MR) is 102 cm³/mol. The highest BCUT2D eigenvalue weighted by Gasteiger charge is 2.29. The molecular weight excluding hydrogens is 390 g/mol. The molecule has 3 rings (SSSR count). The first-order valence-electron chi connectivity index (χ1n) is 8.48. The number of piperidine rings is 1. The van der Waals surface area contributed by atoms with E-state index in [0.29, 0.717) is 30.7 Å². The Kier molecular flexibility index (Phi) is 5.78. The summed E-state index contributed by atoms with van der Waals surface area (Å²) < 4.78 is 31.9. The minimum atomic E-state index is -3.24. The van der Waals surface area contributed by atoms with Crippen molar-refractivity contribution in [2.24, 2.45) is 10.9 Å². The monoisotopic (exact) mass is 411 g/mol.